The predicted octanol–water partition coefficient (Wildman–Crippen LogP) is 5.93. The van der Waals surface area contributed by atoms with Gasteiger partial charge in [-0.1, -0.05) is 35.9 Å². The highest BCUT2D eigenvalue weighted by Gasteiger charge is 2.40. The third-order valence-electron chi connectivity index (χ3n) is 9.59. The Labute approximate surface area is 283 Å². The summed E-state index contributed by atoms with van der Waals surface area (Å²) in [4.78, 5) is 41.1. The molecule has 11 nitrogen and oxygen atoms in total. The third-order valence-corrected chi connectivity index (χ3v) is 9.99. The lowest BCUT2D eigenvalue weighted by Crippen LogP contribution is -2.31. The van der Waals surface area contributed by atoms with Crippen molar-refractivity contribution in [2.24, 2.45) is 12.5 Å². The molecule has 0 radical (unpaired) electrons. The van der Waals surface area contributed by atoms with Gasteiger partial charge in [0.25, 0.3) is 5.91 Å². The number of nitrogens with one attached hydrogen (secondary N) is 3. The van der Waals surface area contributed by atoms with Crippen molar-refractivity contribution in [2.75, 3.05) is 30.3 Å². The molecule has 246 valence electrons. The molecule has 1 fully saturated rings. The summed E-state index contributed by atoms with van der Waals surface area (Å²) >= 11 is 6.96. The van der Waals surface area contributed by atoms with Crippen LogP contribution in [0.5, 0.6) is 0 Å². The number of carbonyl (C=O) groups is 2. The summed E-state index contributed by atoms with van der Waals surface area (Å²) in [6, 6.07) is 15.6. The summed E-state index contributed by atoms with van der Waals surface area (Å²) in [5.74, 6) is -0.0805. The van der Waals surface area contributed by atoms with Gasteiger partial charge < -0.3 is 25.6 Å². The van der Waals surface area contributed by atoms with E-state index in [1.165, 1.54) is 0 Å². The molecule has 12 heteroatoms. The van der Waals surface area contributed by atoms with E-state index in [9.17, 15) is 14.7 Å². The summed E-state index contributed by atoms with van der Waals surface area (Å²) in [5, 5.41) is 20.7. The molecule has 5 aromatic rings. The number of carbonyl (C=O) groups excluding carboxylic acids is 1. The molecule has 0 saturated carbocycles. The van der Waals surface area contributed by atoms with Crippen LogP contribution in [0.2, 0.25) is 5.02 Å². The molecule has 0 spiro atoms. The summed E-state index contributed by atoms with van der Waals surface area (Å²) in [6.07, 6.45) is 5.05. The molecule has 5 heterocycles. The van der Waals surface area contributed by atoms with Gasteiger partial charge >= 0.3 is 5.97 Å². The largest absolute Gasteiger partial charge is 0.481 e. The first-order valence-corrected chi connectivity index (χ1v) is 16.4. The first-order chi connectivity index (χ1) is 23.1. The molecule has 1 saturated heterocycles. The van der Waals surface area contributed by atoms with E-state index in [1.54, 1.807) is 12.3 Å². The highest BCUT2D eigenvalue weighted by molar-refractivity contribution is 6.36. The number of amides is 1. The second-order valence-corrected chi connectivity index (χ2v) is 13.3. The Morgan fingerprint density at radius 2 is 1.90 bits per heavy atom. The molecular formula is C36H37ClN8O3. The number of aliphatic carboxylic acids is 1. The number of hydrogen-bond donors (Lipinski definition) is 4. The van der Waals surface area contributed by atoms with Gasteiger partial charge in [-0.05, 0) is 67.8 Å². The number of carboxylic acid groups (broad SMARTS) is 1. The predicted molar refractivity (Wildman–Crippen MR) is 187 cm³/mol. The first-order valence-electron chi connectivity index (χ1n) is 16.0. The maximum absolute atomic E-state index is 13.3. The SMILES string of the molecule is Cc1c(Nc2nccc3cc(CN4CC[C@@](C)(C(=O)O)C4)cnc23)cccc1-c1cccc(NC(=O)c2nc3c(n2C)CCNC3)c1Cl. The Balaban J connectivity index is 1.11. The topological polar surface area (TPSA) is 137 Å². The van der Waals surface area contributed by atoms with Crippen molar-refractivity contribution in [3.63, 3.8) is 0 Å². The molecule has 0 unspecified atom stereocenters. The van der Waals surface area contributed by atoms with Gasteiger partial charge in [0.2, 0.25) is 0 Å². The lowest BCUT2D eigenvalue weighted by atomic mass is 9.90. The number of fused-ring (bicyclic) bond motifs is 2. The average Bonchev–Trinajstić information content (AvgIpc) is 3.63. The van der Waals surface area contributed by atoms with Crippen LogP contribution >= 0.6 is 11.6 Å². The van der Waals surface area contributed by atoms with Gasteiger partial charge in [-0.25, -0.2) is 9.97 Å². The molecular weight excluding hydrogens is 628 g/mol. The molecule has 3 aromatic heterocycles. The van der Waals surface area contributed by atoms with Crippen LogP contribution in [-0.4, -0.2) is 61.0 Å². The van der Waals surface area contributed by atoms with Gasteiger partial charge in [0.15, 0.2) is 11.6 Å². The number of rotatable bonds is 8. The molecule has 2 aliphatic rings. The number of nitrogens with zero attached hydrogens (tertiary/aromatic N) is 5. The zero-order valence-electron chi connectivity index (χ0n) is 27.1. The average molecular weight is 665 g/mol. The van der Waals surface area contributed by atoms with E-state index in [2.05, 4.69) is 36.9 Å². The van der Waals surface area contributed by atoms with Gasteiger partial charge in [-0.2, -0.15) is 0 Å². The molecule has 48 heavy (non-hydrogen) atoms. The smallest absolute Gasteiger partial charge is 0.310 e. The van der Waals surface area contributed by atoms with Gasteiger partial charge in [0.1, 0.15) is 5.52 Å². The highest BCUT2D eigenvalue weighted by Crippen LogP contribution is 2.38. The second-order valence-electron chi connectivity index (χ2n) is 12.9. The molecule has 2 aliphatic heterocycles. The number of anilines is 3. The fraction of sp³-hybridized carbons (Fsp3) is 0.306. The standard InChI is InChI=1S/C36H37ClN8O3/c1-21-24(25-7-5-9-27(30(25)37)43-34(46)33-42-28-18-38-13-11-29(28)44(33)3)6-4-8-26(21)41-32-31-23(10-14-39-32)16-22(17-40-31)19-45-15-12-36(2,20-45)35(47)48/h4-10,14,16-17,38H,11-13,15,18-20H2,1-3H3,(H,39,41)(H,43,46)(H,47,48)/t36-/m1/s1. The van der Waals surface area contributed by atoms with E-state index in [0.717, 1.165) is 69.7 Å². The van der Waals surface area contributed by atoms with E-state index in [4.69, 9.17) is 16.6 Å². The van der Waals surface area contributed by atoms with Crippen LogP contribution in [0.25, 0.3) is 22.0 Å². The fourth-order valence-corrected chi connectivity index (χ4v) is 7.05. The molecule has 7 rings (SSSR count). The van der Waals surface area contributed by atoms with Crippen molar-refractivity contribution < 1.29 is 14.7 Å². The lowest BCUT2D eigenvalue weighted by Gasteiger charge is -2.20. The maximum atomic E-state index is 13.3. The Kier molecular flexibility index (Phi) is 8.36. The highest BCUT2D eigenvalue weighted by atomic mass is 35.5. The molecule has 0 aliphatic carbocycles. The number of carboxylic acids is 1. The minimum atomic E-state index is -0.749. The minimum Gasteiger partial charge on any atom is -0.481 e. The van der Waals surface area contributed by atoms with Crippen molar-refractivity contribution in [3.8, 4) is 11.1 Å². The number of likely N-dealkylation sites (tertiary alicyclic amines) is 1. The zero-order valence-corrected chi connectivity index (χ0v) is 27.9. The summed E-state index contributed by atoms with van der Waals surface area (Å²) in [6.45, 7) is 7.23. The summed E-state index contributed by atoms with van der Waals surface area (Å²) in [7, 11) is 1.87. The van der Waals surface area contributed by atoms with Gasteiger partial charge in [-0.15, -0.1) is 0 Å². The number of imidazole rings is 1. The number of hydrogen-bond acceptors (Lipinski definition) is 8. The molecule has 2 aromatic carbocycles. The van der Waals surface area contributed by atoms with Gasteiger partial charge in [-0.3, -0.25) is 19.5 Å². The van der Waals surface area contributed by atoms with Crippen molar-refractivity contribution >= 4 is 51.6 Å². The van der Waals surface area contributed by atoms with E-state index in [-0.39, 0.29) is 5.91 Å². The van der Waals surface area contributed by atoms with E-state index in [0.29, 0.717) is 48.4 Å². The minimum absolute atomic E-state index is 0.310. The second kappa shape index (κ2) is 12.6. The van der Waals surface area contributed by atoms with Crippen LogP contribution in [0.4, 0.5) is 17.2 Å². The van der Waals surface area contributed by atoms with Crippen LogP contribution in [0, 0.1) is 12.3 Å². The number of benzene rings is 2. The van der Waals surface area contributed by atoms with Crippen molar-refractivity contribution in [1.82, 2.24) is 29.7 Å². The number of pyridine rings is 2. The first kappa shape index (κ1) is 31.7. The Hall–Kier alpha value is -4.84. The van der Waals surface area contributed by atoms with Crippen molar-refractivity contribution in [1.29, 1.82) is 0 Å². The van der Waals surface area contributed by atoms with Crippen molar-refractivity contribution in [2.45, 2.75) is 39.8 Å². The third kappa shape index (κ3) is 5.89. The molecule has 1 atom stereocenters. The van der Waals surface area contributed by atoms with Gasteiger partial charge in [0, 0.05) is 74.4 Å². The van der Waals surface area contributed by atoms with Crippen LogP contribution in [0.1, 0.15) is 46.5 Å². The Morgan fingerprint density at radius 3 is 2.67 bits per heavy atom. The monoisotopic (exact) mass is 664 g/mol. The van der Waals surface area contributed by atoms with Gasteiger partial charge in [0.05, 0.1) is 21.8 Å². The van der Waals surface area contributed by atoms with E-state index in [1.807, 2.05) is 68.1 Å². The van der Waals surface area contributed by atoms with E-state index >= 15 is 0 Å². The quantitative estimate of drug-likeness (QED) is 0.159. The molecule has 0 bridgehead atoms. The molecule has 4 N–H and O–H groups in total. The fourth-order valence-electron chi connectivity index (χ4n) is 6.77. The zero-order chi connectivity index (χ0) is 33.6. The van der Waals surface area contributed by atoms with Crippen LogP contribution in [0.3, 0.4) is 0 Å². The Bertz CT molecular complexity index is 2080. The number of aromatic nitrogens is 4. The van der Waals surface area contributed by atoms with Crippen LogP contribution in [-0.2, 0) is 31.4 Å². The van der Waals surface area contributed by atoms with Crippen LogP contribution in [0.15, 0.2) is 60.9 Å². The summed E-state index contributed by atoms with van der Waals surface area (Å²) < 4.78 is 1.86. The molecule has 1 amide bonds. The number of halogens is 1. The van der Waals surface area contributed by atoms with Crippen LogP contribution < -0.4 is 16.0 Å². The maximum Gasteiger partial charge on any atom is 0.310 e. The summed E-state index contributed by atoms with van der Waals surface area (Å²) in [5.41, 5.74) is 7.02. The van der Waals surface area contributed by atoms with Crippen molar-refractivity contribution in [3.05, 3.63) is 94.3 Å². The Morgan fingerprint density at radius 1 is 1.10 bits per heavy atom. The lowest BCUT2D eigenvalue weighted by molar-refractivity contribution is -0.147. The van der Waals surface area contributed by atoms with E-state index < -0.39 is 11.4 Å². The normalized spacial score (nSPS) is 17.8.